The van der Waals surface area contributed by atoms with E-state index in [1.165, 1.54) is 0 Å². The number of rotatable bonds is 7. The van der Waals surface area contributed by atoms with Crippen LogP contribution in [0.15, 0.2) is 109 Å². The third kappa shape index (κ3) is 5.90. The lowest BCUT2D eigenvalue weighted by Crippen LogP contribution is -2.36. The molecule has 6 aromatic rings. The summed E-state index contributed by atoms with van der Waals surface area (Å²) in [6.07, 6.45) is -0.0770. The van der Waals surface area contributed by atoms with Crippen LogP contribution in [0, 0.1) is 0 Å². The predicted octanol–water partition coefficient (Wildman–Crippen LogP) is 11.0. The highest BCUT2D eigenvalue weighted by molar-refractivity contribution is 6.10. The normalized spacial score (nSPS) is 16.4. The minimum atomic E-state index is -4.41. The molecule has 1 aliphatic carbocycles. The Kier molecular flexibility index (Phi) is 8.77. The monoisotopic (exact) mass is 769 g/mol. The molecule has 0 unspecified atom stereocenters. The zero-order valence-corrected chi connectivity index (χ0v) is 32.4. The van der Waals surface area contributed by atoms with Gasteiger partial charge in [0.05, 0.1) is 45.8 Å². The number of ether oxygens (including phenoxy) is 5. The average Bonchev–Trinajstić information content (AvgIpc) is 3.49. The SMILES string of the molecule is COc1ccc(C2(c3ccc(OC)cc3)C=Cc3c4c(c5cc(N6CCOCC6)c(OC)cc5c3O2)-c2ccc(-c3ccc(C(F)(F)F)cc3)cc2C4(C)C)cc1. The van der Waals surface area contributed by atoms with Gasteiger partial charge in [-0.3, -0.25) is 0 Å². The van der Waals surface area contributed by atoms with Gasteiger partial charge in [-0.25, -0.2) is 0 Å². The predicted molar refractivity (Wildman–Crippen MR) is 218 cm³/mol. The number of hydrogen-bond donors (Lipinski definition) is 0. The topological polar surface area (TPSA) is 49.4 Å². The number of benzene rings is 6. The molecule has 1 fully saturated rings. The van der Waals surface area contributed by atoms with Gasteiger partial charge < -0.3 is 28.6 Å². The second-order valence-electron chi connectivity index (χ2n) is 15.3. The lowest BCUT2D eigenvalue weighted by molar-refractivity contribution is -0.137. The maximum absolute atomic E-state index is 13.5. The highest BCUT2D eigenvalue weighted by atomic mass is 19.4. The van der Waals surface area contributed by atoms with Crippen molar-refractivity contribution in [1.82, 2.24) is 0 Å². The maximum Gasteiger partial charge on any atom is 0.416 e. The molecule has 6 nitrogen and oxygen atoms in total. The van der Waals surface area contributed by atoms with Crippen LogP contribution in [-0.2, 0) is 21.9 Å². The molecule has 0 aromatic heterocycles. The van der Waals surface area contributed by atoms with Crippen LogP contribution in [0.2, 0.25) is 0 Å². The van der Waals surface area contributed by atoms with Gasteiger partial charge in [0.2, 0.25) is 0 Å². The fraction of sp³-hybridized carbons (Fsp3) is 0.250. The molecule has 9 rings (SSSR count). The Morgan fingerprint density at radius 2 is 1.30 bits per heavy atom. The summed E-state index contributed by atoms with van der Waals surface area (Å²) >= 11 is 0. The van der Waals surface area contributed by atoms with Crippen LogP contribution in [0.3, 0.4) is 0 Å². The summed E-state index contributed by atoms with van der Waals surface area (Å²) in [6.45, 7) is 7.12. The Labute approximate surface area is 330 Å². The van der Waals surface area contributed by atoms with Gasteiger partial charge in [-0.05, 0) is 99.4 Å². The standard InChI is InChI=1S/C48H42F3NO5/c1-46(2)40-26-30(29-6-9-33(10-7-29)48(49,50)51)8-19-36(40)43-38-27-41(52-22-24-56-25-23-52)42(55-5)28-39(38)45-37(44(43)46)20-21-47(57-45,31-11-15-34(53-3)16-12-31)32-13-17-35(54-4)18-14-32/h6-21,26-28H,22-25H2,1-5H3. The van der Waals surface area contributed by atoms with Gasteiger partial charge in [-0.1, -0.05) is 68.5 Å². The van der Waals surface area contributed by atoms with Crippen molar-refractivity contribution in [2.75, 3.05) is 52.5 Å². The zero-order chi connectivity index (χ0) is 39.7. The first-order valence-electron chi connectivity index (χ1n) is 19.0. The largest absolute Gasteiger partial charge is 0.497 e. The van der Waals surface area contributed by atoms with E-state index in [-0.39, 0.29) is 0 Å². The van der Waals surface area contributed by atoms with E-state index in [1.807, 2.05) is 54.6 Å². The fourth-order valence-corrected chi connectivity index (χ4v) is 8.90. The van der Waals surface area contributed by atoms with E-state index in [0.717, 1.165) is 115 Å². The van der Waals surface area contributed by atoms with E-state index in [4.69, 9.17) is 23.7 Å². The average molecular weight is 770 g/mol. The minimum absolute atomic E-state index is 0.516. The van der Waals surface area contributed by atoms with Crippen LogP contribution in [0.4, 0.5) is 18.9 Å². The van der Waals surface area contributed by atoms with Crippen molar-refractivity contribution in [1.29, 1.82) is 0 Å². The Balaban J connectivity index is 1.30. The number of halogens is 3. The molecule has 2 aliphatic heterocycles. The van der Waals surface area contributed by atoms with Gasteiger partial charge in [0.1, 0.15) is 23.0 Å². The molecule has 0 bridgehead atoms. The van der Waals surface area contributed by atoms with Crippen LogP contribution in [0.5, 0.6) is 23.0 Å². The minimum Gasteiger partial charge on any atom is -0.497 e. The molecule has 3 aliphatic rings. The van der Waals surface area contributed by atoms with E-state index in [9.17, 15) is 13.2 Å². The molecule has 9 heteroatoms. The van der Waals surface area contributed by atoms with Gasteiger partial charge in [-0.15, -0.1) is 0 Å². The first-order chi connectivity index (χ1) is 27.5. The summed E-state index contributed by atoms with van der Waals surface area (Å²) < 4.78 is 70.9. The van der Waals surface area contributed by atoms with Gasteiger partial charge in [-0.2, -0.15) is 13.2 Å². The molecule has 0 spiro atoms. The molecular weight excluding hydrogens is 728 g/mol. The number of alkyl halides is 3. The van der Waals surface area contributed by atoms with E-state index >= 15 is 0 Å². The van der Waals surface area contributed by atoms with Crippen LogP contribution >= 0.6 is 0 Å². The number of nitrogens with zero attached hydrogens (tertiary/aromatic N) is 1. The Morgan fingerprint density at radius 1 is 0.684 bits per heavy atom. The summed E-state index contributed by atoms with van der Waals surface area (Å²) in [6, 6.07) is 31.9. The van der Waals surface area contributed by atoms with E-state index in [2.05, 4.69) is 55.2 Å². The second-order valence-corrected chi connectivity index (χ2v) is 15.3. The van der Waals surface area contributed by atoms with Crippen molar-refractivity contribution in [2.24, 2.45) is 0 Å². The zero-order valence-electron chi connectivity index (χ0n) is 32.4. The molecule has 2 heterocycles. The van der Waals surface area contributed by atoms with Crippen molar-refractivity contribution < 1.29 is 36.9 Å². The molecule has 0 N–H and O–H groups in total. The molecule has 0 radical (unpaired) electrons. The van der Waals surface area contributed by atoms with Crippen LogP contribution < -0.4 is 23.8 Å². The molecule has 0 amide bonds. The van der Waals surface area contributed by atoms with Gasteiger partial charge in [0.25, 0.3) is 0 Å². The summed E-state index contributed by atoms with van der Waals surface area (Å²) in [5, 5.41) is 1.93. The Morgan fingerprint density at radius 3 is 1.88 bits per heavy atom. The van der Waals surface area contributed by atoms with E-state index in [0.29, 0.717) is 13.2 Å². The van der Waals surface area contributed by atoms with Crippen LogP contribution in [0.1, 0.15) is 47.2 Å². The first kappa shape index (κ1) is 36.7. The van der Waals surface area contributed by atoms with Crippen LogP contribution in [-0.4, -0.2) is 47.6 Å². The van der Waals surface area contributed by atoms with Crippen molar-refractivity contribution in [2.45, 2.75) is 31.0 Å². The first-order valence-corrected chi connectivity index (χ1v) is 19.0. The van der Waals surface area contributed by atoms with Crippen molar-refractivity contribution in [3.05, 3.63) is 143 Å². The second kappa shape index (κ2) is 13.6. The molecular formula is C48H42F3NO5. The van der Waals surface area contributed by atoms with Gasteiger partial charge in [0.15, 0.2) is 5.60 Å². The molecule has 290 valence electrons. The number of methoxy groups -OCH3 is 3. The van der Waals surface area contributed by atoms with Crippen molar-refractivity contribution >= 4 is 22.5 Å². The molecule has 6 aromatic carbocycles. The summed E-state index contributed by atoms with van der Waals surface area (Å²) in [4.78, 5) is 2.31. The van der Waals surface area contributed by atoms with E-state index < -0.39 is 22.8 Å². The van der Waals surface area contributed by atoms with Crippen molar-refractivity contribution in [3.63, 3.8) is 0 Å². The highest BCUT2D eigenvalue weighted by Crippen LogP contribution is 2.59. The summed E-state index contributed by atoms with van der Waals surface area (Å²) in [5.74, 6) is 2.94. The Bertz CT molecular complexity index is 2490. The third-order valence-corrected chi connectivity index (χ3v) is 11.9. The molecule has 57 heavy (non-hydrogen) atoms. The van der Waals surface area contributed by atoms with Gasteiger partial charge >= 0.3 is 6.18 Å². The molecule has 0 atom stereocenters. The summed E-state index contributed by atoms with van der Waals surface area (Å²) in [7, 11) is 5.00. The number of hydrogen-bond acceptors (Lipinski definition) is 6. The number of fused-ring (bicyclic) bond motifs is 8. The quantitative estimate of drug-likeness (QED) is 0.161. The Hall–Kier alpha value is -5.93. The van der Waals surface area contributed by atoms with Crippen molar-refractivity contribution in [3.8, 4) is 45.3 Å². The van der Waals surface area contributed by atoms with Crippen LogP contribution in [0.25, 0.3) is 39.1 Å². The number of morpholine rings is 1. The highest BCUT2D eigenvalue weighted by Gasteiger charge is 2.45. The fourth-order valence-electron chi connectivity index (χ4n) is 8.90. The lowest BCUT2D eigenvalue weighted by atomic mass is 9.76. The maximum atomic E-state index is 13.5. The lowest BCUT2D eigenvalue weighted by Gasteiger charge is -2.39. The number of anilines is 1. The smallest absolute Gasteiger partial charge is 0.416 e. The molecule has 0 saturated carbocycles. The third-order valence-electron chi connectivity index (χ3n) is 11.9. The summed E-state index contributed by atoms with van der Waals surface area (Å²) in [5.41, 5.74) is 7.54. The van der Waals surface area contributed by atoms with Gasteiger partial charge in [0, 0.05) is 40.6 Å². The molecule has 1 saturated heterocycles. The van der Waals surface area contributed by atoms with E-state index in [1.54, 1.807) is 33.5 Å².